The molecule has 2 heterocycles. The quantitative estimate of drug-likeness (QED) is 0.664. The molecule has 6 heteroatoms. The van der Waals surface area contributed by atoms with Crippen molar-refractivity contribution in [2.45, 2.75) is 32.9 Å². The number of benzene rings is 1. The molecular weight excluding hydrogens is 346 g/mol. The van der Waals surface area contributed by atoms with Crippen LogP contribution in [0.4, 0.5) is 0 Å². The van der Waals surface area contributed by atoms with Gasteiger partial charge in [0.1, 0.15) is 0 Å². The monoisotopic (exact) mass is 369 g/mol. The van der Waals surface area contributed by atoms with Gasteiger partial charge in [0, 0.05) is 36.6 Å². The van der Waals surface area contributed by atoms with Crippen molar-refractivity contribution in [1.82, 2.24) is 15.2 Å². The molecule has 3 rings (SSSR count). The zero-order valence-corrected chi connectivity index (χ0v) is 15.8. The average Bonchev–Trinajstić information content (AvgIpc) is 3.29. The van der Waals surface area contributed by atoms with E-state index in [2.05, 4.69) is 16.4 Å². The number of rotatable bonds is 7. The van der Waals surface area contributed by atoms with Crippen LogP contribution >= 0.6 is 11.3 Å². The van der Waals surface area contributed by atoms with Crippen LogP contribution in [0.25, 0.3) is 10.9 Å². The fourth-order valence-electron chi connectivity index (χ4n) is 3.06. The van der Waals surface area contributed by atoms with E-state index in [1.54, 1.807) is 11.3 Å². The fraction of sp³-hybridized carbons (Fsp3) is 0.300. The maximum Gasteiger partial charge on any atom is 0.225 e. The fourth-order valence-corrected chi connectivity index (χ4v) is 3.84. The maximum absolute atomic E-state index is 12.9. The summed E-state index contributed by atoms with van der Waals surface area (Å²) >= 11 is 1.55. The number of carbonyl (C=O) groups is 2. The van der Waals surface area contributed by atoms with Gasteiger partial charge in [-0.05, 0) is 47.5 Å². The Hall–Kier alpha value is -2.60. The number of H-pyrrole nitrogens is 1. The van der Waals surface area contributed by atoms with Crippen LogP contribution in [-0.2, 0) is 16.1 Å². The molecule has 1 atom stereocenters. The van der Waals surface area contributed by atoms with Crippen molar-refractivity contribution in [2.24, 2.45) is 0 Å². The number of nitrogens with zero attached hydrogens (tertiary/aromatic N) is 1. The lowest BCUT2D eigenvalue weighted by molar-refractivity contribution is -0.132. The lowest BCUT2D eigenvalue weighted by Crippen LogP contribution is -2.35. The number of hydrogen-bond donors (Lipinski definition) is 2. The molecule has 0 fully saturated rings. The SMILES string of the molecule is CCN(Cc1ccc2[nH]ccc2c1)C(=O)C[C@@H](NC(C)=O)c1cccs1. The number of aromatic amines is 1. The second kappa shape index (κ2) is 8.19. The standard InChI is InChI=1S/C20H23N3O2S/c1-3-23(13-15-6-7-17-16(11-15)8-9-21-17)20(25)12-18(22-14(2)24)19-5-4-10-26-19/h4-11,18,21H,3,12-13H2,1-2H3,(H,22,24)/t18-/m1/s1. The maximum atomic E-state index is 12.9. The number of thiophene rings is 1. The van der Waals surface area contributed by atoms with Gasteiger partial charge in [0.25, 0.3) is 0 Å². The van der Waals surface area contributed by atoms with Crippen LogP contribution in [0.1, 0.15) is 36.8 Å². The Balaban J connectivity index is 1.71. The molecule has 2 N–H and O–H groups in total. The van der Waals surface area contributed by atoms with Crippen LogP contribution in [0.2, 0.25) is 0 Å². The van der Waals surface area contributed by atoms with E-state index in [1.165, 1.54) is 6.92 Å². The predicted octanol–water partition coefficient (Wildman–Crippen LogP) is 3.85. The van der Waals surface area contributed by atoms with E-state index >= 15 is 0 Å². The van der Waals surface area contributed by atoms with Gasteiger partial charge in [-0.3, -0.25) is 9.59 Å². The third-order valence-electron chi connectivity index (χ3n) is 4.37. The second-order valence-corrected chi connectivity index (χ2v) is 7.26. The lowest BCUT2D eigenvalue weighted by Gasteiger charge is -2.24. The molecule has 5 nitrogen and oxygen atoms in total. The van der Waals surface area contributed by atoms with E-state index in [-0.39, 0.29) is 24.3 Å². The van der Waals surface area contributed by atoms with Crippen LogP contribution in [-0.4, -0.2) is 28.2 Å². The first-order valence-corrected chi connectivity index (χ1v) is 9.59. The molecule has 0 radical (unpaired) electrons. The van der Waals surface area contributed by atoms with E-state index < -0.39 is 0 Å². The highest BCUT2D eigenvalue weighted by Crippen LogP contribution is 2.23. The Morgan fingerprint density at radius 1 is 1.27 bits per heavy atom. The molecule has 1 aromatic carbocycles. The Labute approximate surface area is 157 Å². The summed E-state index contributed by atoms with van der Waals surface area (Å²) in [5.41, 5.74) is 2.19. The second-order valence-electron chi connectivity index (χ2n) is 6.28. The van der Waals surface area contributed by atoms with Crippen LogP contribution in [0.5, 0.6) is 0 Å². The molecule has 0 unspecified atom stereocenters. The summed E-state index contributed by atoms with van der Waals surface area (Å²) in [6, 6.07) is 11.8. The third kappa shape index (κ3) is 4.32. The summed E-state index contributed by atoms with van der Waals surface area (Å²) in [5, 5.41) is 5.99. The Morgan fingerprint density at radius 2 is 2.12 bits per heavy atom. The Morgan fingerprint density at radius 3 is 2.81 bits per heavy atom. The molecular formula is C20H23N3O2S. The molecule has 0 aliphatic rings. The molecule has 3 aromatic rings. The summed E-state index contributed by atoms with van der Waals surface area (Å²) in [7, 11) is 0. The summed E-state index contributed by atoms with van der Waals surface area (Å²) in [5.74, 6) is -0.0917. The molecule has 0 saturated carbocycles. The van der Waals surface area contributed by atoms with E-state index in [4.69, 9.17) is 0 Å². The predicted molar refractivity (Wildman–Crippen MR) is 105 cm³/mol. The first kappa shape index (κ1) is 18.2. The molecule has 2 aromatic heterocycles. The van der Waals surface area contributed by atoms with Crippen molar-refractivity contribution >= 4 is 34.1 Å². The molecule has 0 saturated heterocycles. The van der Waals surface area contributed by atoms with Gasteiger partial charge < -0.3 is 15.2 Å². The summed E-state index contributed by atoms with van der Waals surface area (Å²) < 4.78 is 0. The number of fused-ring (bicyclic) bond motifs is 1. The molecule has 26 heavy (non-hydrogen) atoms. The van der Waals surface area contributed by atoms with E-state index in [9.17, 15) is 9.59 Å². The van der Waals surface area contributed by atoms with Crippen LogP contribution in [0, 0.1) is 0 Å². The molecule has 136 valence electrons. The number of nitrogens with one attached hydrogen (secondary N) is 2. The zero-order valence-electron chi connectivity index (χ0n) is 15.0. The van der Waals surface area contributed by atoms with E-state index in [0.29, 0.717) is 13.1 Å². The average molecular weight is 369 g/mol. The summed E-state index contributed by atoms with van der Waals surface area (Å²) in [6.07, 6.45) is 2.18. The summed E-state index contributed by atoms with van der Waals surface area (Å²) in [4.78, 5) is 30.4. The largest absolute Gasteiger partial charge is 0.361 e. The van der Waals surface area contributed by atoms with Crippen molar-refractivity contribution < 1.29 is 9.59 Å². The topological polar surface area (TPSA) is 65.2 Å². The van der Waals surface area contributed by atoms with Gasteiger partial charge in [-0.2, -0.15) is 0 Å². The van der Waals surface area contributed by atoms with Gasteiger partial charge in [-0.15, -0.1) is 11.3 Å². The zero-order chi connectivity index (χ0) is 18.5. The molecule has 0 bridgehead atoms. The van der Waals surface area contributed by atoms with Crippen molar-refractivity contribution in [1.29, 1.82) is 0 Å². The number of aromatic nitrogens is 1. The summed E-state index contributed by atoms with van der Waals surface area (Å²) in [6.45, 7) is 4.65. The molecule has 0 aliphatic heterocycles. The van der Waals surface area contributed by atoms with Gasteiger partial charge in [0.15, 0.2) is 0 Å². The molecule has 0 spiro atoms. The third-order valence-corrected chi connectivity index (χ3v) is 5.35. The van der Waals surface area contributed by atoms with Gasteiger partial charge in [0.05, 0.1) is 12.5 Å². The van der Waals surface area contributed by atoms with Crippen molar-refractivity contribution in [3.63, 3.8) is 0 Å². The van der Waals surface area contributed by atoms with Gasteiger partial charge in [-0.1, -0.05) is 12.1 Å². The van der Waals surface area contributed by atoms with Gasteiger partial charge in [0.2, 0.25) is 11.8 Å². The van der Waals surface area contributed by atoms with Crippen LogP contribution in [0.15, 0.2) is 48.0 Å². The van der Waals surface area contributed by atoms with Crippen molar-refractivity contribution in [3.05, 3.63) is 58.4 Å². The van der Waals surface area contributed by atoms with E-state index in [0.717, 1.165) is 21.3 Å². The highest BCUT2D eigenvalue weighted by Gasteiger charge is 2.21. The minimum atomic E-state index is -0.277. The minimum Gasteiger partial charge on any atom is -0.361 e. The van der Waals surface area contributed by atoms with E-state index in [1.807, 2.05) is 53.7 Å². The highest BCUT2D eigenvalue weighted by atomic mass is 32.1. The Bertz CT molecular complexity index is 885. The highest BCUT2D eigenvalue weighted by molar-refractivity contribution is 7.10. The number of hydrogen-bond acceptors (Lipinski definition) is 3. The van der Waals surface area contributed by atoms with Crippen LogP contribution < -0.4 is 5.32 Å². The number of amides is 2. The first-order chi connectivity index (χ1) is 12.6. The van der Waals surface area contributed by atoms with Gasteiger partial charge in [-0.25, -0.2) is 0 Å². The Kier molecular flexibility index (Phi) is 5.73. The molecule has 2 amide bonds. The lowest BCUT2D eigenvalue weighted by atomic mass is 10.1. The molecule has 0 aliphatic carbocycles. The normalized spacial score (nSPS) is 12.1. The minimum absolute atomic E-state index is 0.0359. The van der Waals surface area contributed by atoms with Crippen LogP contribution in [0.3, 0.4) is 0 Å². The van der Waals surface area contributed by atoms with Gasteiger partial charge >= 0.3 is 0 Å². The first-order valence-electron chi connectivity index (χ1n) is 8.71. The number of carbonyl (C=O) groups excluding carboxylic acids is 2. The van der Waals surface area contributed by atoms with Crippen molar-refractivity contribution in [3.8, 4) is 0 Å². The smallest absolute Gasteiger partial charge is 0.225 e. The van der Waals surface area contributed by atoms with Crippen molar-refractivity contribution in [2.75, 3.05) is 6.54 Å².